The van der Waals surface area contributed by atoms with Crippen molar-refractivity contribution in [3.63, 3.8) is 0 Å². The summed E-state index contributed by atoms with van der Waals surface area (Å²) in [5.74, 6) is -1.22. The Bertz CT molecular complexity index is 777. The zero-order valence-electron chi connectivity index (χ0n) is 14.2. The number of rotatable bonds is 6. The molecule has 7 nitrogen and oxygen atoms in total. The fourth-order valence-corrected chi connectivity index (χ4v) is 2.20. The second-order valence-electron chi connectivity index (χ2n) is 5.92. The van der Waals surface area contributed by atoms with Crippen molar-refractivity contribution in [2.45, 2.75) is 32.7 Å². The highest BCUT2D eigenvalue weighted by molar-refractivity contribution is 6.05. The summed E-state index contributed by atoms with van der Waals surface area (Å²) in [6, 6.07) is 6.80. The fourth-order valence-electron chi connectivity index (χ4n) is 2.20. The third kappa shape index (κ3) is 4.47. The van der Waals surface area contributed by atoms with Gasteiger partial charge in [0.2, 0.25) is 0 Å². The number of carboxylic acid groups (broad SMARTS) is 1. The lowest BCUT2D eigenvalue weighted by molar-refractivity contribution is -0.138. The van der Waals surface area contributed by atoms with Crippen molar-refractivity contribution in [3.05, 3.63) is 53.5 Å². The van der Waals surface area contributed by atoms with E-state index in [0.29, 0.717) is 22.6 Å². The van der Waals surface area contributed by atoms with Crippen LogP contribution in [-0.2, 0) is 4.79 Å². The Morgan fingerprint density at radius 2 is 1.64 bits per heavy atom. The quantitative estimate of drug-likeness (QED) is 0.746. The number of carbonyl (C=O) groups is 3. The number of furan rings is 1. The second-order valence-corrected chi connectivity index (χ2v) is 5.92. The van der Waals surface area contributed by atoms with E-state index in [1.54, 1.807) is 18.2 Å². The second kappa shape index (κ2) is 7.65. The molecule has 0 aliphatic carbocycles. The molecular weight excluding hydrogens is 324 g/mol. The molecule has 3 N–H and O–H groups in total. The van der Waals surface area contributed by atoms with Crippen molar-refractivity contribution in [2.24, 2.45) is 0 Å². The lowest BCUT2D eigenvalue weighted by Crippen LogP contribution is -2.38. The average molecular weight is 344 g/mol. The van der Waals surface area contributed by atoms with Gasteiger partial charge >= 0.3 is 5.97 Å². The number of hydrogen-bond donors (Lipinski definition) is 3. The van der Waals surface area contributed by atoms with Crippen LogP contribution < -0.4 is 10.6 Å². The zero-order chi connectivity index (χ0) is 18.6. The molecule has 0 unspecified atom stereocenters. The van der Waals surface area contributed by atoms with Crippen LogP contribution in [0.2, 0.25) is 0 Å². The normalized spacial score (nSPS) is 11.8. The molecular formula is C18H20N2O5. The van der Waals surface area contributed by atoms with Gasteiger partial charge in [-0.25, -0.2) is 0 Å². The van der Waals surface area contributed by atoms with E-state index in [0.717, 1.165) is 0 Å². The van der Waals surface area contributed by atoms with Gasteiger partial charge in [-0.15, -0.1) is 0 Å². The van der Waals surface area contributed by atoms with Crippen LogP contribution in [0.5, 0.6) is 0 Å². The number of amides is 2. The van der Waals surface area contributed by atoms with Gasteiger partial charge in [0.15, 0.2) is 0 Å². The molecule has 7 heteroatoms. The van der Waals surface area contributed by atoms with Crippen molar-refractivity contribution in [2.75, 3.05) is 5.32 Å². The molecule has 0 bridgehead atoms. The first-order valence-electron chi connectivity index (χ1n) is 7.82. The third-order valence-electron chi connectivity index (χ3n) is 3.59. The molecule has 0 spiro atoms. The predicted molar refractivity (Wildman–Crippen MR) is 91.8 cm³/mol. The average Bonchev–Trinajstić information content (AvgIpc) is 3.05. The summed E-state index contributed by atoms with van der Waals surface area (Å²) >= 11 is 0. The van der Waals surface area contributed by atoms with Gasteiger partial charge in [-0.05, 0) is 37.3 Å². The molecule has 2 amide bonds. The van der Waals surface area contributed by atoms with E-state index < -0.39 is 17.9 Å². The number of aliphatic carboxylic acids is 1. The lowest BCUT2D eigenvalue weighted by Gasteiger charge is -2.10. The molecule has 0 saturated heterocycles. The predicted octanol–water partition coefficient (Wildman–Crippen LogP) is 2.86. The Kier molecular flexibility index (Phi) is 5.59. The summed E-state index contributed by atoms with van der Waals surface area (Å²) < 4.78 is 5.33. The minimum absolute atomic E-state index is 0.0815. The van der Waals surface area contributed by atoms with Gasteiger partial charge in [-0.1, -0.05) is 13.8 Å². The van der Waals surface area contributed by atoms with Crippen LogP contribution in [-0.4, -0.2) is 28.9 Å². The Morgan fingerprint density at radius 1 is 1.00 bits per heavy atom. The standard InChI is InChI=1S/C18H20N2O5/c1-10(2)15-14(8-9-25-15)17(22)20-13-6-4-12(5-7-13)16(21)19-11(3)18(23)24/h4-11H,1-3H3,(H,19,21)(H,20,22)(H,23,24)/t11-/m0/s1. The van der Waals surface area contributed by atoms with E-state index in [1.807, 2.05) is 13.8 Å². The first-order valence-corrected chi connectivity index (χ1v) is 7.82. The minimum atomic E-state index is -1.11. The molecule has 1 heterocycles. The van der Waals surface area contributed by atoms with Crippen molar-refractivity contribution in [1.82, 2.24) is 5.32 Å². The van der Waals surface area contributed by atoms with Crippen molar-refractivity contribution in [1.29, 1.82) is 0 Å². The summed E-state index contributed by atoms with van der Waals surface area (Å²) in [4.78, 5) is 35.0. The smallest absolute Gasteiger partial charge is 0.325 e. The van der Waals surface area contributed by atoms with E-state index in [-0.39, 0.29) is 11.8 Å². The Hall–Kier alpha value is -3.09. The topological polar surface area (TPSA) is 109 Å². The summed E-state index contributed by atoms with van der Waals surface area (Å²) in [6.45, 7) is 5.24. The van der Waals surface area contributed by atoms with Crippen molar-refractivity contribution >= 4 is 23.5 Å². The van der Waals surface area contributed by atoms with Crippen LogP contribution >= 0.6 is 0 Å². The van der Waals surface area contributed by atoms with Crippen LogP contribution in [0.15, 0.2) is 41.0 Å². The molecule has 2 rings (SSSR count). The van der Waals surface area contributed by atoms with Gasteiger partial charge in [-0.2, -0.15) is 0 Å². The van der Waals surface area contributed by atoms with Crippen molar-refractivity contribution < 1.29 is 23.9 Å². The number of nitrogens with one attached hydrogen (secondary N) is 2. The number of carboxylic acids is 1. The van der Waals surface area contributed by atoms with Gasteiger partial charge in [0.05, 0.1) is 11.8 Å². The number of benzene rings is 1. The van der Waals surface area contributed by atoms with Crippen molar-refractivity contribution in [3.8, 4) is 0 Å². The van der Waals surface area contributed by atoms with Gasteiger partial charge in [0, 0.05) is 17.2 Å². The van der Waals surface area contributed by atoms with Crippen LogP contribution in [0.3, 0.4) is 0 Å². The van der Waals surface area contributed by atoms with Crippen LogP contribution in [0, 0.1) is 0 Å². The highest BCUT2D eigenvalue weighted by atomic mass is 16.4. The highest BCUT2D eigenvalue weighted by Gasteiger charge is 2.18. The molecule has 0 fully saturated rings. The van der Waals surface area contributed by atoms with E-state index in [1.165, 1.54) is 25.3 Å². The molecule has 25 heavy (non-hydrogen) atoms. The maximum atomic E-state index is 12.3. The number of anilines is 1. The van der Waals surface area contributed by atoms with Gasteiger partial charge in [0.1, 0.15) is 11.8 Å². The van der Waals surface area contributed by atoms with Crippen LogP contribution in [0.4, 0.5) is 5.69 Å². The molecule has 0 aliphatic rings. The van der Waals surface area contributed by atoms with E-state index >= 15 is 0 Å². The molecule has 0 aliphatic heterocycles. The summed E-state index contributed by atoms with van der Waals surface area (Å²) in [5.41, 5.74) is 1.29. The molecule has 0 saturated carbocycles. The van der Waals surface area contributed by atoms with Gasteiger partial charge in [-0.3, -0.25) is 14.4 Å². The van der Waals surface area contributed by atoms with E-state index in [4.69, 9.17) is 9.52 Å². The Balaban J connectivity index is 2.05. The minimum Gasteiger partial charge on any atom is -0.480 e. The van der Waals surface area contributed by atoms with Gasteiger partial charge < -0.3 is 20.2 Å². The number of carbonyl (C=O) groups excluding carboxylic acids is 2. The van der Waals surface area contributed by atoms with Crippen LogP contribution in [0.25, 0.3) is 0 Å². The van der Waals surface area contributed by atoms with E-state index in [9.17, 15) is 14.4 Å². The Morgan fingerprint density at radius 3 is 2.20 bits per heavy atom. The number of hydrogen-bond acceptors (Lipinski definition) is 4. The maximum Gasteiger partial charge on any atom is 0.325 e. The molecule has 1 atom stereocenters. The molecule has 0 radical (unpaired) electrons. The zero-order valence-corrected chi connectivity index (χ0v) is 14.2. The first kappa shape index (κ1) is 18.3. The molecule has 2 aromatic rings. The largest absolute Gasteiger partial charge is 0.480 e. The monoisotopic (exact) mass is 344 g/mol. The van der Waals surface area contributed by atoms with E-state index in [2.05, 4.69) is 10.6 Å². The van der Waals surface area contributed by atoms with Crippen LogP contribution in [0.1, 0.15) is 53.2 Å². The highest BCUT2D eigenvalue weighted by Crippen LogP contribution is 2.21. The maximum absolute atomic E-state index is 12.3. The lowest BCUT2D eigenvalue weighted by atomic mass is 10.1. The fraction of sp³-hybridized carbons (Fsp3) is 0.278. The molecule has 132 valence electrons. The summed E-state index contributed by atoms with van der Waals surface area (Å²) in [6.07, 6.45) is 1.47. The first-order chi connectivity index (χ1) is 11.8. The Labute approximate surface area is 145 Å². The summed E-state index contributed by atoms with van der Waals surface area (Å²) in [5, 5.41) is 13.9. The molecule has 1 aromatic heterocycles. The SMILES string of the molecule is CC(C)c1occc1C(=O)Nc1ccc(C(=O)N[C@@H](C)C(=O)O)cc1. The third-order valence-corrected chi connectivity index (χ3v) is 3.59. The summed E-state index contributed by atoms with van der Waals surface area (Å²) in [7, 11) is 0. The molecule has 1 aromatic carbocycles. The van der Waals surface area contributed by atoms with Gasteiger partial charge in [0.25, 0.3) is 11.8 Å².